The van der Waals surface area contributed by atoms with Crippen LogP contribution in [0.3, 0.4) is 0 Å². The highest BCUT2D eigenvalue weighted by Crippen LogP contribution is 2.47. The van der Waals surface area contributed by atoms with E-state index in [1.807, 2.05) is 6.20 Å². The van der Waals surface area contributed by atoms with Crippen molar-refractivity contribution in [2.75, 3.05) is 6.16 Å². The molecule has 1 aromatic rings. The van der Waals surface area contributed by atoms with Crippen LogP contribution in [0.15, 0.2) is 18.3 Å². The second-order valence-corrected chi connectivity index (χ2v) is 4.07. The van der Waals surface area contributed by atoms with Crippen molar-refractivity contribution in [3.8, 4) is 0 Å². The maximum atomic E-state index is 4.43. The Kier molecular flexibility index (Phi) is 2.14. The van der Waals surface area contributed by atoms with Gasteiger partial charge in [-0.2, -0.15) is 0 Å². The smallest absolute Gasteiger partial charge is 0.0437 e. The van der Waals surface area contributed by atoms with E-state index in [4.69, 9.17) is 0 Å². The second kappa shape index (κ2) is 3.14. The summed E-state index contributed by atoms with van der Waals surface area (Å²) in [6, 6.07) is 4.32. The lowest BCUT2D eigenvalue weighted by Gasteiger charge is -1.97. The van der Waals surface area contributed by atoms with Crippen molar-refractivity contribution >= 4 is 9.24 Å². The molecule has 0 spiro atoms. The summed E-state index contributed by atoms with van der Waals surface area (Å²) in [6.07, 6.45) is 4.52. The van der Waals surface area contributed by atoms with Gasteiger partial charge in [-0.3, -0.25) is 4.98 Å². The molecule has 0 bridgehead atoms. The predicted octanol–water partition coefficient (Wildman–Crippen LogP) is 2.37. The molecule has 0 aromatic carbocycles. The van der Waals surface area contributed by atoms with Crippen molar-refractivity contribution in [2.24, 2.45) is 5.92 Å². The van der Waals surface area contributed by atoms with Crippen molar-refractivity contribution in [1.29, 1.82) is 0 Å². The van der Waals surface area contributed by atoms with Gasteiger partial charge in [-0.1, -0.05) is 6.07 Å². The molecule has 12 heavy (non-hydrogen) atoms. The van der Waals surface area contributed by atoms with Crippen LogP contribution in [0.1, 0.15) is 23.6 Å². The number of aromatic nitrogens is 1. The molecule has 1 saturated carbocycles. The highest BCUT2D eigenvalue weighted by atomic mass is 31.0. The summed E-state index contributed by atoms with van der Waals surface area (Å²) < 4.78 is 0. The van der Waals surface area contributed by atoms with Crippen molar-refractivity contribution in [3.63, 3.8) is 0 Å². The number of hydrogen-bond donors (Lipinski definition) is 0. The Morgan fingerprint density at radius 1 is 1.58 bits per heavy atom. The van der Waals surface area contributed by atoms with Crippen LogP contribution in [-0.2, 0) is 0 Å². The summed E-state index contributed by atoms with van der Waals surface area (Å²) in [7, 11) is 2.81. The zero-order chi connectivity index (χ0) is 8.55. The van der Waals surface area contributed by atoms with E-state index in [0.717, 1.165) is 11.8 Å². The zero-order valence-electron chi connectivity index (χ0n) is 7.33. The van der Waals surface area contributed by atoms with E-state index < -0.39 is 0 Å². The average molecular weight is 179 g/mol. The Hall–Kier alpha value is -0.420. The number of nitrogens with zero attached hydrogens (tertiary/aromatic N) is 1. The summed E-state index contributed by atoms with van der Waals surface area (Å²) in [6.45, 7) is 2.08. The van der Waals surface area contributed by atoms with Crippen LogP contribution in [-0.4, -0.2) is 11.1 Å². The first-order chi connectivity index (χ1) is 5.81. The highest BCUT2D eigenvalue weighted by molar-refractivity contribution is 7.16. The number of hydrogen-bond acceptors (Lipinski definition) is 1. The Bertz CT molecular complexity index is 268. The van der Waals surface area contributed by atoms with Crippen LogP contribution in [0.2, 0.25) is 0 Å². The monoisotopic (exact) mass is 179 g/mol. The topological polar surface area (TPSA) is 12.9 Å². The maximum absolute atomic E-state index is 4.43. The standard InChI is InChI=1S/C10H14NP/c1-7-2-3-10(11-5-7)9-4-8(9)6-12/h2-3,5,8-9H,4,6,12H2,1H3. The molecular formula is C10H14NP. The third kappa shape index (κ3) is 1.51. The van der Waals surface area contributed by atoms with Gasteiger partial charge in [0.05, 0.1) is 0 Å². The normalized spacial score (nSPS) is 27.2. The molecule has 0 amide bonds. The summed E-state index contributed by atoms with van der Waals surface area (Å²) in [5.41, 5.74) is 2.54. The van der Waals surface area contributed by atoms with Crippen molar-refractivity contribution in [3.05, 3.63) is 29.6 Å². The highest BCUT2D eigenvalue weighted by Gasteiger charge is 2.37. The summed E-state index contributed by atoms with van der Waals surface area (Å²) in [5, 5.41) is 0. The van der Waals surface area contributed by atoms with Crippen LogP contribution in [0.25, 0.3) is 0 Å². The average Bonchev–Trinajstić information content (AvgIpc) is 2.85. The molecule has 1 aliphatic carbocycles. The van der Waals surface area contributed by atoms with E-state index in [2.05, 4.69) is 33.3 Å². The van der Waals surface area contributed by atoms with E-state index in [-0.39, 0.29) is 0 Å². The Labute approximate surface area is 75.8 Å². The Morgan fingerprint density at radius 2 is 2.42 bits per heavy atom. The Morgan fingerprint density at radius 3 is 2.92 bits per heavy atom. The van der Waals surface area contributed by atoms with Crippen molar-refractivity contribution < 1.29 is 0 Å². The molecule has 2 heteroatoms. The summed E-state index contributed by atoms with van der Waals surface area (Å²) in [4.78, 5) is 4.43. The molecule has 1 heterocycles. The van der Waals surface area contributed by atoms with Gasteiger partial charge in [-0.15, -0.1) is 9.24 Å². The number of rotatable bonds is 2. The molecule has 2 rings (SSSR count). The number of aryl methyl sites for hydroxylation is 1. The first-order valence-electron chi connectivity index (χ1n) is 4.44. The molecule has 0 radical (unpaired) electrons. The fourth-order valence-electron chi connectivity index (χ4n) is 1.57. The lowest BCUT2D eigenvalue weighted by Crippen LogP contribution is -1.89. The minimum absolute atomic E-state index is 0.753. The zero-order valence-corrected chi connectivity index (χ0v) is 8.48. The second-order valence-electron chi connectivity index (χ2n) is 3.60. The van der Waals surface area contributed by atoms with Gasteiger partial charge in [-0.05, 0) is 37.1 Å². The largest absolute Gasteiger partial charge is 0.261 e. The van der Waals surface area contributed by atoms with E-state index >= 15 is 0 Å². The van der Waals surface area contributed by atoms with Crippen LogP contribution >= 0.6 is 9.24 Å². The van der Waals surface area contributed by atoms with Crippen molar-refractivity contribution in [2.45, 2.75) is 19.3 Å². The predicted molar refractivity (Wildman–Crippen MR) is 54.4 cm³/mol. The molecule has 0 aliphatic heterocycles. The fourth-order valence-corrected chi connectivity index (χ4v) is 2.09. The SMILES string of the molecule is Cc1ccc(C2CC2CP)nc1. The molecule has 3 atom stereocenters. The Balaban J connectivity index is 2.10. The van der Waals surface area contributed by atoms with Crippen LogP contribution in [0.5, 0.6) is 0 Å². The molecule has 1 aromatic heterocycles. The number of pyridine rings is 1. The van der Waals surface area contributed by atoms with E-state index in [1.54, 1.807) is 0 Å². The maximum Gasteiger partial charge on any atom is 0.0437 e. The quantitative estimate of drug-likeness (QED) is 0.635. The molecule has 64 valence electrons. The van der Waals surface area contributed by atoms with Gasteiger partial charge < -0.3 is 0 Å². The van der Waals surface area contributed by atoms with Gasteiger partial charge in [0.15, 0.2) is 0 Å². The van der Waals surface area contributed by atoms with Gasteiger partial charge in [0, 0.05) is 17.8 Å². The van der Waals surface area contributed by atoms with Crippen LogP contribution < -0.4 is 0 Å². The molecule has 1 aliphatic rings. The van der Waals surface area contributed by atoms with Crippen LogP contribution in [0, 0.1) is 12.8 Å². The first kappa shape index (κ1) is 8.19. The minimum Gasteiger partial charge on any atom is -0.261 e. The summed E-state index contributed by atoms with van der Waals surface area (Å²) >= 11 is 0. The minimum atomic E-state index is 0.753. The fraction of sp³-hybridized carbons (Fsp3) is 0.500. The van der Waals surface area contributed by atoms with E-state index in [9.17, 15) is 0 Å². The third-order valence-electron chi connectivity index (χ3n) is 2.54. The molecule has 1 nitrogen and oxygen atoms in total. The van der Waals surface area contributed by atoms with Gasteiger partial charge in [0.2, 0.25) is 0 Å². The van der Waals surface area contributed by atoms with Crippen molar-refractivity contribution in [1.82, 2.24) is 4.98 Å². The van der Waals surface area contributed by atoms with Gasteiger partial charge in [0.25, 0.3) is 0 Å². The van der Waals surface area contributed by atoms with E-state index in [0.29, 0.717) is 0 Å². The molecule has 1 fully saturated rings. The van der Waals surface area contributed by atoms with Gasteiger partial charge >= 0.3 is 0 Å². The van der Waals surface area contributed by atoms with Crippen LogP contribution in [0.4, 0.5) is 0 Å². The molecular weight excluding hydrogens is 165 g/mol. The van der Waals surface area contributed by atoms with Gasteiger partial charge in [0.1, 0.15) is 0 Å². The first-order valence-corrected chi connectivity index (χ1v) is 5.25. The molecule has 0 saturated heterocycles. The third-order valence-corrected chi connectivity index (χ3v) is 3.14. The van der Waals surface area contributed by atoms with E-state index in [1.165, 1.54) is 23.8 Å². The molecule has 0 N–H and O–H groups in total. The summed E-state index contributed by atoms with van der Waals surface area (Å²) in [5.74, 6) is 1.63. The lowest BCUT2D eigenvalue weighted by atomic mass is 10.2. The lowest BCUT2D eigenvalue weighted by molar-refractivity contribution is 0.895. The molecule has 3 unspecified atom stereocenters. The van der Waals surface area contributed by atoms with Gasteiger partial charge in [-0.25, -0.2) is 0 Å².